The van der Waals surface area contributed by atoms with Gasteiger partial charge >= 0.3 is 0 Å². The zero-order valence-electron chi connectivity index (χ0n) is 9.23. The molecule has 0 aromatic carbocycles. The average molecular weight is 268 g/mol. The van der Waals surface area contributed by atoms with Gasteiger partial charge in [0.05, 0.1) is 15.5 Å². The molecule has 90 valence electrons. The molecular weight excluding hydrogens is 256 g/mol. The molecule has 4 nitrogen and oxygen atoms in total. The van der Waals surface area contributed by atoms with E-state index in [0.717, 1.165) is 5.76 Å². The second-order valence-corrected chi connectivity index (χ2v) is 5.60. The predicted octanol–water partition coefficient (Wildman–Crippen LogP) is 2.55. The highest BCUT2D eigenvalue weighted by atomic mass is 32.2. The fourth-order valence-electron chi connectivity index (χ4n) is 1.41. The van der Waals surface area contributed by atoms with Crippen LogP contribution in [0.3, 0.4) is 0 Å². The number of nitrogen functional groups attached to an aromatic ring is 1. The number of carbonyl (C=O) groups is 1. The third-order valence-corrected chi connectivity index (χ3v) is 4.35. The number of rotatable bonds is 4. The average Bonchev–Trinajstić information content (AvgIpc) is 2.94. The van der Waals surface area contributed by atoms with Crippen LogP contribution in [0, 0.1) is 6.92 Å². The zero-order chi connectivity index (χ0) is 12.3. The van der Waals surface area contributed by atoms with Crippen molar-refractivity contribution in [3.05, 3.63) is 40.7 Å². The highest BCUT2D eigenvalue weighted by Gasteiger charge is 2.13. The molecule has 0 spiro atoms. The molecule has 2 rings (SSSR count). The molecule has 0 fully saturated rings. The van der Waals surface area contributed by atoms with Crippen molar-refractivity contribution in [1.82, 2.24) is 5.43 Å². The van der Waals surface area contributed by atoms with Crippen molar-refractivity contribution in [2.24, 2.45) is 5.84 Å². The number of hydrazine groups is 1. The number of amides is 1. The summed E-state index contributed by atoms with van der Waals surface area (Å²) in [7, 11) is 0. The monoisotopic (exact) mass is 268 g/mol. The van der Waals surface area contributed by atoms with Gasteiger partial charge in [0.25, 0.3) is 5.91 Å². The molecule has 0 saturated heterocycles. The van der Waals surface area contributed by atoms with Gasteiger partial charge in [-0.3, -0.25) is 10.2 Å². The van der Waals surface area contributed by atoms with E-state index in [2.05, 4.69) is 11.5 Å². The van der Waals surface area contributed by atoms with E-state index in [1.807, 2.05) is 11.4 Å². The van der Waals surface area contributed by atoms with Gasteiger partial charge in [0.1, 0.15) is 11.5 Å². The SMILES string of the molecule is Cc1oc(CSc2cccs2)cc1C(=O)NN. The van der Waals surface area contributed by atoms with E-state index in [0.29, 0.717) is 17.1 Å². The number of hydrogen-bond donors (Lipinski definition) is 2. The summed E-state index contributed by atoms with van der Waals surface area (Å²) in [5, 5.41) is 2.03. The number of hydrogen-bond acceptors (Lipinski definition) is 5. The second-order valence-electron chi connectivity index (χ2n) is 3.38. The first-order valence-corrected chi connectivity index (χ1v) is 6.84. The Morgan fingerprint density at radius 3 is 3.12 bits per heavy atom. The molecule has 0 aliphatic rings. The second kappa shape index (κ2) is 5.39. The van der Waals surface area contributed by atoms with Crippen LogP contribution < -0.4 is 11.3 Å². The van der Waals surface area contributed by atoms with Crippen LogP contribution in [0.4, 0.5) is 0 Å². The van der Waals surface area contributed by atoms with Crippen LogP contribution in [0.15, 0.2) is 32.2 Å². The minimum Gasteiger partial charge on any atom is -0.465 e. The van der Waals surface area contributed by atoms with Gasteiger partial charge in [-0.05, 0) is 24.4 Å². The van der Waals surface area contributed by atoms with E-state index < -0.39 is 0 Å². The summed E-state index contributed by atoms with van der Waals surface area (Å²) in [6.07, 6.45) is 0. The normalized spacial score (nSPS) is 10.5. The van der Waals surface area contributed by atoms with Crippen LogP contribution in [-0.2, 0) is 5.75 Å². The van der Waals surface area contributed by atoms with E-state index >= 15 is 0 Å². The minimum atomic E-state index is -0.321. The van der Waals surface area contributed by atoms with Crippen LogP contribution in [-0.4, -0.2) is 5.91 Å². The minimum absolute atomic E-state index is 0.321. The van der Waals surface area contributed by atoms with Crippen LogP contribution in [0.25, 0.3) is 0 Å². The summed E-state index contributed by atoms with van der Waals surface area (Å²) in [6, 6.07) is 5.80. The van der Waals surface area contributed by atoms with Gasteiger partial charge < -0.3 is 4.42 Å². The number of thiophene rings is 1. The number of aryl methyl sites for hydroxylation is 1. The number of thioether (sulfide) groups is 1. The summed E-state index contributed by atoms with van der Waals surface area (Å²) in [5.41, 5.74) is 2.60. The first-order valence-electron chi connectivity index (χ1n) is 4.97. The molecule has 2 aromatic heterocycles. The fraction of sp³-hybridized carbons (Fsp3) is 0.182. The molecule has 0 saturated carbocycles. The molecule has 2 aromatic rings. The summed E-state index contributed by atoms with van der Waals surface area (Å²) < 4.78 is 6.73. The van der Waals surface area contributed by atoms with Crippen molar-refractivity contribution in [3.8, 4) is 0 Å². The Labute approximate surface area is 107 Å². The molecule has 0 aliphatic carbocycles. The maximum atomic E-state index is 11.4. The Balaban J connectivity index is 2.05. The van der Waals surface area contributed by atoms with Gasteiger partial charge in [-0.1, -0.05) is 6.07 Å². The van der Waals surface area contributed by atoms with Gasteiger partial charge in [-0.15, -0.1) is 23.1 Å². The quantitative estimate of drug-likeness (QED) is 0.387. The zero-order valence-corrected chi connectivity index (χ0v) is 10.9. The lowest BCUT2D eigenvalue weighted by Crippen LogP contribution is -2.30. The van der Waals surface area contributed by atoms with E-state index in [-0.39, 0.29) is 5.91 Å². The fourth-order valence-corrected chi connectivity index (χ4v) is 3.07. The van der Waals surface area contributed by atoms with Crippen LogP contribution in [0.1, 0.15) is 21.9 Å². The van der Waals surface area contributed by atoms with E-state index in [9.17, 15) is 4.79 Å². The third kappa shape index (κ3) is 2.91. The molecule has 17 heavy (non-hydrogen) atoms. The molecule has 0 radical (unpaired) electrons. The third-order valence-electron chi connectivity index (χ3n) is 2.20. The first kappa shape index (κ1) is 12.2. The standard InChI is InChI=1S/C11H12N2O2S2/c1-7-9(11(14)13-12)5-8(15-7)6-17-10-3-2-4-16-10/h2-5H,6,12H2,1H3,(H,13,14). The topological polar surface area (TPSA) is 68.3 Å². The van der Waals surface area contributed by atoms with Gasteiger partial charge in [-0.2, -0.15) is 0 Å². The number of nitrogens with two attached hydrogens (primary N) is 1. The van der Waals surface area contributed by atoms with Gasteiger partial charge in [0, 0.05) is 0 Å². The highest BCUT2D eigenvalue weighted by molar-refractivity contribution is 8.00. The lowest BCUT2D eigenvalue weighted by atomic mass is 10.2. The molecule has 0 aliphatic heterocycles. The summed E-state index contributed by atoms with van der Waals surface area (Å²) >= 11 is 3.37. The largest absolute Gasteiger partial charge is 0.465 e. The smallest absolute Gasteiger partial charge is 0.268 e. The Kier molecular flexibility index (Phi) is 3.88. The summed E-state index contributed by atoms with van der Waals surface area (Å²) in [4.78, 5) is 11.4. The molecule has 6 heteroatoms. The molecule has 0 unspecified atom stereocenters. The van der Waals surface area contributed by atoms with E-state index in [1.165, 1.54) is 4.21 Å². The molecule has 0 bridgehead atoms. The maximum Gasteiger partial charge on any atom is 0.268 e. The van der Waals surface area contributed by atoms with Gasteiger partial charge in [0.2, 0.25) is 0 Å². The van der Waals surface area contributed by atoms with Crippen molar-refractivity contribution in [2.45, 2.75) is 16.9 Å². The van der Waals surface area contributed by atoms with Crippen molar-refractivity contribution >= 4 is 29.0 Å². The highest BCUT2D eigenvalue weighted by Crippen LogP contribution is 2.28. The van der Waals surface area contributed by atoms with Crippen molar-refractivity contribution in [2.75, 3.05) is 0 Å². The Hall–Kier alpha value is -1.24. The number of nitrogens with one attached hydrogen (secondary N) is 1. The van der Waals surface area contributed by atoms with Crippen LogP contribution >= 0.6 is 23.1 Å². The Morgan fingerprint density at radius 1 is 1.65 bits per heavy atom. The summed E-state index contributed by atoms with van der Waals surface area (Å²) in [5.74, 6) is 6.85. The summed E-state index contributed by atoms with van der Waals surface area (Å²) in [6.45, 7) is 1.75. The predicted molar refractivity (Wildman–Crippen MR) is 69.0 cm³/mol. The van der Waals surface area contributed by atoms with Crippen molar-refractivity contribution in [3.63, 3.8) is 0 Å². The van der Waals surface area contributed by atoms with Crippen LogP contribution in [0.2, 0.25) is 0 Å². The molecule has 3 N–H and O–H groups in total. The number of carbonyl (C=O) groups excluding carboxylic acids is 1. The van der Waals surface area contributed by atoms with Crippen LogP contribution in [0.5, 0.6) is 0 Å². The lowest BCUT2D eigenvalue weighted by Gasteiger charge is -1.93. The van der Waals surface area contributed by atoms with E-state index in [4.69, 9.17) is 10.3 Å². The lowest BCUT2D eigenvalue weighted by molar-refractivity contribution is 0.0952. The number of furan rings is 1. The Bertz CT molecular complexity index is 506. The molecule has 0 atom stereocenters. The van der Waals surface area contributed by atoms with Crippen molar-refractivity contribution in [1.29, 1.82) is 0 Å². The molecule has 1 amide bonds. The van der Waals surface area contributed by atoms with E-state index in [1.54, 1.807) is 36.1 Å². The van der Waals surface area contributed by atoms with Crippen molar-refractivity contribution < 1.29 is 9.21 Å². The Morgan fingerprint density at radius 2 is 2.47 bits per heavy atom. The molecular formula is C11H12N2O2S2. The van der Waals surface area contributed by atoms with Gasteiger partial charge in [-0.25, -0.2) is 5.84 Å². The molecule has 2 heterocycles. The first-order chi connectivity index (χ1) is 8.20. The van der Waals surface area contributed by atoms with Gasteiger partial charge in [0.15, 0.2) is 0 Å². The maximum absolute atomic E-state index is 11.4.